The summed E-state index contributed by atoms with van der Waals surface area (Å²) in [5.74, 6) is -0.244. The number of piperazine rings is 1. The zero-order valence-electron chi connectivity index (χ0n) is 24.4. The average Bonchev–Trinajstić information content (AvgIpc) is 3.02. The Labute approximate surface area is 255 Å². The highest BCUT2D eigenvalue weighted by Crippen LogP contribution is 2.30. The Balaban J connectivity index is 1.25. The minimum Gasteiger partial charge on any atom is -0.379 e. The normalized spacial score (nSPS) is 16.4. The van der Waals surface area contributed by atoms with Crippen LogP contribution in [-0.4, -0.2) is 87.3 Å². The molecule has 3 aromatic rings. The second-order valence-electron chi connectivity index (χ2n) is 10.8. The van der Waals surface area contributed by atoms with Gasteiger partial charge in [0.15, 0.2) is 0 Å². The molecule has 0 unspecified atom stereocenters. The predicted octanol–water partition coefficient (Wildman–Crippen LogP) is 4.73. The quantitative estimate of drug-likeness (QED) is 0.325. The molecule has 2 aliphatic heterocycles. The van der Waals surface area contributed by atoms with E-state index in [4.69, 9.17) is 4.74 Å². The molecule has 2 aliphatic rings. The van der Waals surface area contributed by atoms with Gasteiger partial charge in [0, 0.05) is 76.0 Å². The number of alkyl halides is 3. The first-order chi connectivity index (χ1) is 21.2. The van der Waals surface area contributed by atoms with Gasteiger partial charge >= 0.3 is 12.2 Å². The molecule has 0 spiro atoms. The summed E-state index contributed by atoms with van der Waals surface area (Å²) >= 11 is 0. The van der Waals surface area contributed by atoms with Gasteiger partial charge in [-0.05, 0) is 48.0 Å². The first kappa shape index (κ1) is 31.3. The van der Waals surface area contributed by atoms with Crippen molar-refractivity contribution in [3.05, 3.63) is 89.5 Å². The van der Waals surface area contributed by atoms with E-state index in [1.165, 1.54) is 17.7 Å². The molecule has 0 aliphatic carbocycles. The molecule has 3 amide bonds. The van der Waals surface area contributed by atoms with Crippen molar-refractivity contribution in [2.75, 3.05) is 81.1 Å². The van der Waals surface area contributed by atoms with Crippen molar-refractivity contribution in [2.45, 2.75) is 12.7 Å². The largest absolute Gasteiger partial charge is 0.416 e. The number of hydrogen-bond donors (Lipinski definition) is 3. The molecule has 2 fully saturated rings. The Kier molecular flexibility index (Phi) is 10.4. The van der Waals surface area contributed by atoms with Crippen molar-refractivity contribution >= 4 is 29.0 Å². The van der Waals surface area contributed by atoms with E-state index in [2.05, 4.69) is 42.8 Å². The molecule has 234 valence electrons. The van der Waals surface area contributed by atoms with Crippen molar-refractivity contribution in [3.63, 3.8) is 0 Å². The van der Waals surface area contributed by atoms with Crippen LogP contribution < -0.4 is 20.9 Å². The highest BCUT2D eigenvalue weighted by molar-refractivity contribution is 6.04. The molecule has 5 rings (SSSR count). The fourth-order valence-electron chi connectivity index (χ4n) is 5.34. The number of halogens is 3. The van der Waals surface area contributed by atoms with E-state index < -0.39 is 17.8 Å². The molecule has 0 aromatic heterocycles. The number of carbonyl (C=O) groups is 2. The second-order valence-corrected chi connectivity index (χ2v) is 10.8. The van der Waals surface area contributed by atoms with Crippen LogP contribution in [0, 0.1) is 0 Å². The third-order valence-electron chi connectivity index (χ3n) is 7.75. The molecule has 0 bridgehead atoms. The molecule has 9 nitrogen and oxygen atoms in total. The van der Waals surface area contributed by atoms with Crippen molar-refractivity contribution in [1.29, 1.82) is 0 Å². The van der Waals surface area contributed by atoms with Gasteiger partial charge in [-0.25, -0.2) is 4.79 Å². The van der Waals surface area contributed by atoms with Crippen LogP contribution in [0.25, 0.3) is 0 Å². The van der Waals surface area contributed by atoms with E-state index >= 15 is 0 Å². The smallest absolute Gasteiger partial charge is 0.379 e. The Morgan fingerprint density at radius 1 is 0.773 bits per heavy atom. The third-order valence-corrected chi connectivity index (χ3v) is 7.75. The van der Waals surface area contributed by atoms with E-state index in [-0.39, 0.29) is 11.6 Å². The van der Waals surface area contributed by atoms with Gasteiger partial charge < -0.3 is 25.6 Å². The fourth-order valence-corrected chi connectivity index (χ4v) is 5.34. The van der Waals surface area contributed by atoms with Crippen LogP contribution in [-0.2, 0) is 17.5 Å². The molecular formula is C32H37F3N6O3. The highest BCUT2D eigenvalue weighted by atomic mass is 19.4. The number of nitrogens with zero attached hydrogens (tertiary/aromatic N) is 3. The second kappa shape index (κ2) is 14.6. The number of nitrogens with one attached hydrogen (secondary N) is 3. The van der Waals surface area contributed by atoms with Gasteiger partial charge in [-0.1, -0.05) is 30.3 Å². The Morgan fingerprint density at radius 2 is 1.43 bits per heavy atom. The number of hydrogen-bond acceptors (Lipinski definition) is 6. The Bertz CT molecular complexity index is 1390. The zero-order chi connectivity index (χ0) is 30.9. The van der Waals surface area contributed by atoms with E-state index in [1.54, 1.807) is 12.1 Å². The molecule has 3 aromatic carbocycles. The summed E-state index contributed by atoms with van der Waals surface area (Å²) in [5.41, 5.74) is 2.27. The molecule has 44 heavy (non-hydrogen) atoms. The average molecular weight is 611 g/mol. The Hall–Kier alpha value is -4.13. The SMILES string of the molecule is O=C(Nc1ccc(C(F)(F)F)cc1)Nc1ccc(N2CCN(Cc3ccccc3)CC2)c(C(=O)NCCN2CCOCC2)c1. The predicted molar refractivity (Wildman–Crippen MR) is 164 cm³/mol. The monoisotopic (exact) mass is 610 g/mol. The van der Waals surface area contributed by atoms with Gasteiger partial charge in [0.25, 0.3) is 5.91 Å². The molecule has 2 saturated heterocycles. The molecule has 2 heterocycles. The summed E-state index contributed by atoms with van der Waals surface area (Å²) in [7, 11) is 0. The van der Waals surface area contributed by atoms with Crippen molar-refractivity contribution < 1.29 is 27.5 Å². The van der Waals surface area contributed by atoms with Gasteiger partial charge in [-0.2, -0.15) is 13.2 Å². The summed E-state index contributed by atoms with van der Waals surface area (Å²) in [4.78, 5) is 33.0. The first-order valence-electron chi connectivity index (χ1n) is 14.7. The van der Waals surface area contributed by atoms with Gasteiger partial charge in [0.2, 0.25) is 0 Å². The lowest BCUT2D eigenvalue weighted by Crippen LogP contribution is -2.46. The van der Waals surface area contributed by atoms with Gasteiger partial charge in [-0.3, -0.25) is 14.6 Å². The first-order valence-corrected chi connectivity index (χ1v) is 14.7. The molecular weight excluding hydrogens is 573 g/mol. The van der Waals surface area contributed by atoms with Crippen molar-refractivity contribution in [3.8, 4) is 0 Å². The maximum atomic E-state index is 13.5. The van der Waals surface area contributed by atoms with Crippen molar-refractivity contribution in [1.82, 2.24) is 15.1 Å². The van der Waals surface area contributed by atoms with Crippen LogP contribution in [0.5, 0.6) is 0 Å². The number of morpholine rings is 1. The number of anilines is 3. The van der Waals surface area contributed by atoms with E-state index in [0.717, 1.165) is 63.6 Å². The number of ether oxygens (including phenoxy) is 1. The number of rotatable bonds is 9. The van der Waals surface area contributed by atoms with Crippen LogP contribution in [0.15, 0.2) is 72.8 Å². The standard InChI is InChI=1S/C32H37F3N6O3/c33-32(34,35)25-6-8-26(9-7-25)37-31(43)38-27-10-11-29(28(22-27)30(42)36-12-13-39-18-20-44-21-19-39)41-16-14-40(15-17-41)23-24-4-2-1-3-5-24/h1-11,22H,12-21,23H2,(H,36,42)(H2,37,38,43). The summed E-state index contributed by atoms with van der Waals surface area (Å²) in [6, 6.07) is 19.1. The van der Waals surface area contributed by atoms with Crippen LogP contribution in [0.4, 0.5) is 35.0 Å². The van der Waals surface area contributed by atoms with E-state index in [1.807, 2.05) is 24.3 Å². The number of urea groups is 1. The number of carbonyl (C=O) groups excluding carboxylic acids is 2. The molecule has 3 N–H and O–H groups in total. The molecule has 12 heteroatoms. The number of amides is 3. The Morgan fingerprint density at radius 3 is 2.11 bits per heavy atom. The summed E-state index contributed by atoms with van der Waals surface area (Å²) in [6.07, 6.45) is -4.46. The maximum Gasteiger partial charge on any atom is 0.416 e. The lowest BCUT2D eigenvalue weighted by molar-refractivity contribution is -0.137. The third kappa shape index (κ3) is 8.71. The summed E-state index contributed by atoms with van der Waals surface area (Å²) < 4.78 is 44.0. The van der Waals surface area contributed by atoms with Crippen LogP contribution >= 0.6 is 0 Å². The maximum absolute atomic E-state index is 13.5. The lowest BCUT2D eigenvalue weighted by Gasteiger charge is -2.37. The molecule has 0 radical (unpaired) electrons. The zero-order valence-corrected chi connectivity index (χ0v) is 24.4. The van der Waals surface area contributed by atoms with E-state index in [9.17, 15) is 22.8 Å². The van der Waals surface area contributed by atoms with Crippen LogP contribution in [0.3, 0.4) is 0 Å². The van der Waals surface area contributed by atoms with Gasteiger partial charge in [0.1, 0.15) is 0 Å². The lowest BCUT2D eigenvalue weighted by atomic mass is 10.1. The molecule has 0 saturated carbocycles. The minimum atomic E-state index is -4.46. The minimum absolute atomic E-state index is 0.210. The fraction of sp³-hybridized carbons (Fsp3) is 0.375. The van der Waals surface area contributed by atoms with Crippen LogP contribution in [0.2, 0.25) is 0 Å². The highest BCUT2D eigenvalue weighted by Gasteiger charge is 2.30. The number of benzene rings is 3. The molecule has 0 atom stereocenters. The topological polar surface area (TPSA) is 89.2 Å². The summed E-state index contributed by atoms with van der Waals surface area (Å²) in [5, 5.41) is 8.27. The van der Waals surface area contributed by atoms with Gasteiger partial charge in [-0.15, -0.1) is 0 Å². The van der Waals surface area contributed by atoms with Crippen LogP contribution in [0.1, 0.15) is 21.5 Å². The van der Waals surface area contributed by atoms with Crippen molar-refractivity contribution in [2.24, 2.45) is 0 Å². The summed E-state index contributed by atoms with van der Waals surface area (Å²) in [6.45, 7) is 8.18. The van der Waals surface area contributed by atoms with E-state index in [0.29, 0.717) is 37.6 Å². The van der Waals surface area contributed by atoms with Gasteiger partial charge in [0.05, 0.1) is 24.3 Å².